The van der Waals surface area contributed by atoms with E-state index in [0.717, 1.165) is 90.3 Å². The van der Waals surface area contributed by atoms with Crippen LogP contribution >= 0.6 is 11.8 Å². The molecule has 0 N–H and O–H groups in total. The molecule has 0 radical (unpaired) electrons. The van der Waals surface area contributed by atoms with Crippen LogP contribution in [0.5, 0.6) is 0 Å². The van der Waals surface area contributed by atoms with Crippen molar-refractivity contribution >= 4 is 29.2 Å². The molecule has 2 saturated heterocycles. The minimum atomic E-state index is 0.111. The van der Waals surface area contributed by atoms with Gasteiger partial charge in [-0.1, -0.05) is 42.1 Å². The lowest BCUT2D eigenvalue weighted by Gasteiger charge is -2.36. The van der Waals surface area contributed by atoms with Gasteiger partial charge in [0.25, 0.3) is 0 Å². The molecule has 2 amide bonds. The molecule has 0 atom stereocenters. The third kappa shape index (κ3) is 6.15. The first-order valence-electron chi connectivity index (χ1n) is 14.5. The van der Waals surface area contributed by atoms with Crippen LogP contribution in [-0.2, 0) is 24.1 Å². The fraction of sp³-hybridized carbons (Fsp3) is 0.469. The molecule has 6 nitrogen and oxygen atoms in total. The van der Waals surface area contributed by atoms with Crippen molar-refractivity contribution in [3.63, 3.8) is 0 Å². The van der Waals surface area contributed by atoms with E-state index in [9.17, 15) is 4.79 Å². The molecular weight excluding hydrogens is 504 g/mol. The molecule has 0 bridgehead atoms. The summed E-state index contributed by atoms with van der Waals surface area (Å²) in [5, 5.41) is 1.38. The van der Waals surface area contributed by atoms with Crippen LogP contribution in [0, 0.1) is 0 Å². The SMILES string of the molecule is CN1CCCN(c2ccc3c(c2)CN(/C2=C\CCC/C=C(/Cc4ccc(N5CCOCC5)cc4)S2)CC3)C1=O. The van der Waals surface area contributed by atoms with Gasteiger partial charge in [0, 0.05) is 64.1 Å². The zero-order valence-corrected chi connectivity index (χ0v) is 23.9. The van der Waals surface area contributed by atoms with E-state index >= 15 is 0 Å². The number of anilines is 2. The van der Waals surface area contributed by atoms with Crippen molar-refractivity contribution in [2.45, 2.75) is 45.1 Å². The van der Waals surface area contributed by atoms with Gasteiger partial charge in [0.2, 0.25) is 0 Å². The molecule has 39 heavy (non-hydrogen) atoms. The minimum Gasteiger partial charge on any atom is -0.378 e. The Morgan fingerprint density at radius 1 is 0.821 bits per heavy atom. The number of ether oxygens (including phenoxy) is 1. The molecule has 4 heterocycles. The summed E-state index contributed by atoms with van der Waals surface area (Å²) in [6.45, 7) is 7.16. The molecule has 4 aliphatic rings. The number of hydrogen-bond donors (Lipinski definition) is 0. The van der Waals surface area contributed by atoms with Crippen LogP contribution in [0.4, 0.5) is 16.2 Å². The summed E-state index contributed by atoms with van der Waals surface area (Å²) in [7, 11) is 1.90. The molecule has 2 fully saturated rings. The lowest BCUT2D eigenvalue weighted by Crippen LogP contribution is -2.47. The highest BCUT2D eigenvalue weighted by Crippen LogP contribution is 2.37. The lowest BCUT2D eigenvalue weighted by molar-refractivity contribution is 0.122. The van der Waals surface area contributed by atoms with Crippen molar-refractivity contribution in [2.24, 2.45) is 0 Å². The smallest absolute Gasteiger partial charge is 0.324 e. The maximum atomic E-state index is 12.8. The Bertz CT molecular complexity index is 1240. The summed E-state index contributed by atoms with van der Waals surface area (Å²) in [6, 6.07) is 15.9. The lowest BCUT2D eigenvalue weighted by atomic mass is 9.98. The maximum absolute atomic E-state index is 12.8. The summed E-state index contributed by atoms with van der Waals surface area (Å²) >= 11 is 1.96. The first-order valence-corrected chi connectivity index (χ1v) is 15.3. The number of benzene rings is 2. The van der Waals surface area contributed by atoms with Crippen molar-refractivity contribution in [3.8, 4) is 0 Å². The molecule has 0 unspecified atom stereocenters. The van der Waals surface area contributed by atoms with Crippen molar-refractivity contribution in [2.75, 3.05) is 62.8 Å². The molecule has 6 rings (SSSR count). The van der Waals surface area contributed by atoms with Gasteiger partial charge in [0.1, 0.15) is 0 Å². The number of urea groups is 1. The standard InChI is InChI=1S/C32H40N4O2S/c1-33-15-5-16-36(32(33)37)29-13-10-26-14-17-35(24-27(26)23-29)31-7-4-2-3-6-30(39-31)22-25-8-11-28(12-9-25)34-18-20-38-21-19-34/h6-13,23H,2-5,14-22,24H2,1H3/b30-6-,31-7+. The quantitative estimate of drug-likeness (QED) is 0.460. The first-order chi connectivity index (χ1) is 19.1. The molecule has 206 valence electrons. The molecule has 2 aromatic rings. The third-order valence-electron chi connectivity index (χ3n) is 8.28. The Hall–Kier alpha value is -2.90. The molecule has 0 spiro atoms. The second-order valence-electron chi connectivity index (χ2n) is 11.0. The summed E-state index contributed by atoms with van der Waals surface area (Å²) in [5.74, 6) is 0. The highest BCUT2D eigenvalue weighted by molar-refractivity contribution is 8.06. The van der Waals surface area contributed by atoms with Crippen LogP contribution < -0.4 is 9.80 Å². The Kier molecular flexibility index (Phi) is 8.16. The van der Waals surface area contributed by atoms with E-state index < -0.39 is 0 Å². The molecule has 2 aromatic carbocycles. The van der Waals surface area contributed by atoms with Gasteiger partial charge in [0.15, 0.2) is 0 Å². The van der Waals surface area contributed by atoms with Gasteiger partial charge in [-0.05, 0) is 78.0 Å². The number of rotatable bonds is 5. The van der Waals surface area contributed by atoms with E-state index in [1.165, 1.54) is 38.7 Å². The predicted molar refractivity (Wildman–Crippen MR) is 161 cm³/mol. The summed E-state index contributed by atoms with van der Waals surface area (Å²) in [6.07, 6.45) is 11.4. The van der Waals surface area contributed by atoms with Gasteiger partial charge in [0.05, 0.1) is 18.2 Å². The molecule has 0 aliphatic carbocycles. The van der Waals surface area contributed by atoms with Crippen molar-refractivity contribution < 1.29 is 9.53 Å². The zero-order valence-electron chi connectivity index (χ0n) is 23.1. The van der Waals surface area contributed by atoms with Crippen LogP contribution in [-0.4, -0.2) is 68.8 Å². The third-order valence-corrected chi connectivity index (χ3v) is 9.49. The number of amides is 2. The van der Waals surface area contributed by atoms with Gasteiger partial charge in [-0.3, -0.25) is 4.90 Å². The number of nitrogens with zero attached hydrogens (tertiary/aromatic N) is 4. The Morgan fingerprint density at radius 3 is 2.46 bits per heavy atom. The van der Waals surface area contributed by atoms with E-state index in [4.69, 9.17) is 4.74 Å². The highest BCUT2D eigenvalue weighted by atomic mass is 32.2. The average molecular weight is 545 g/mol. The predicted octanol–water partition coefficient (Wildman–Crippen LogP) is 6.03. The fourth-order valence-corrected chi connectivity index (χ4v) is 7.17. The Balaban J connectivity index is 1.13. The normalized spacial score (nSPS) is 23.4. The van der Waals surface area contributed by atoms with Gasteiger partial charge in [-0.2, -0.15) is 0 Å². The van der Waals surface area contributed by atoms with E-state index in [2.05, 4.69) is 64.4 Å². The van der Waals surface area contributed by atoms with Crippen LogP contribution in [0.15, 0.2) is 64.6 Å². The second-order valence-corrected chi connectivity index (χ2v) is 12.2. The average Bonchev–Trinajstić information content (AvgIpc) is 2.96. The molecule has 0 aromatic heterocycles. The van der Waals surface area contributed by atoms with Gasteiger partial charge < -0.3 is 19.4 Å². The Morgan fingerprint density at radius 2 is 1.62 bits per heavy atom. The number of hydrogen-bond acceptors (Lipinski definition) is 5. The largest absolute Gasteiger partial charge is 0.378 e. The molecule has 4 aliphatic heterocycles. The monoisotopic (exact) mass is 544 g/mol. The number of thioether (sulfide) groups is 1. The van der Waals surface area contributed by atoms with Crippen molar-refractivity contribution in [3.05, 3.63) is 81.2 Å². The van der Waals surface area contributed by atoms with Crippen LogP contribution in [0.25, 0.3) is 0 Å². The maximum Gasteiger partial charge on any atom is 0.324 e. The Labute approximate surface area is 237 Å². The van der Waals surface area contributed by atoms with Crippen LogP contribution in [0.1, 0.15) is 42.4 Å². The van der Waals surface area contributed by atoms with Crippen LogP contribution in [0.2, 0.25) is 0 Å². The van der Waals surface area contributed by atoms with Gasteiger partial charge in [-0.15, -0.1) is 0 Å². The van der Waals surface area contributed by atoms with Gasteiger partial charge in [-0.25, -0.2) is 4.79 Å². The topological polar surface area (TPSA) is 39.3 Å². The highest BCUT2D eigenvalue weighted by Gasteiger charge is 2.26. The minimum absolute atomic E-state index is 0.111. The number of carbonyl (C=O) groups excluding carboxylic acids is 1. The molecular formula is C32H40N4O2S. The number of allylic oxidation sites excluding steroid dienone is 3. The summed E-state index contributed by atoms with van der Waals surface area (Å²) < 4.78 is 5.51. The van der Waals surface area contributed by atoms with Crippen molar-refractivity contribution in [1.29, 1.82) is 0 Å². The number of fused-ring (bicyclic) bond motifs is 1. The fourth-order valence-electron chi connectivity index (χ4n) is 5.98. The second kappa shape index (κ2) is 12.1. The number of carbonyl (C=O) groups is 1. The van der Waals surface area contributed by atoms with Gasteiger partial charge >= 0.3 is 6.03 Å². The number of morpholine rings is 1. The van der Waals surface area contributed by atoms with E-state index in [-0.39, 0.29) is 6.03 Å². The van der Waals surface area contributed by atoms with E-state index in [1.807, 2.05) is 28.6 Å². The van der Waals surface area contributed by atoms with Crippen molar-refractivity contribution in [1.82, 2.24) is 9.80 Å². The van der Waals surface area contributed by atoms with E-state index in [1.54, 1.807) is 0 Å². The zero-order chi connectivity index (χ0) is 26.6. The molecule has 7 heteroatoms. The molecule has 0 saturated carbocycles. The summed E-state index contributed by atoms with van der Waals surface area (Å²) in [5.41, 5.74) is 6.47. The summed E-state index contributed by atoms with van der Waals surface area (Å²) in [4.78, 5) is 23.0. The van der Waals surface area contributed by atoms with E-state index in [0.29, 0.717) is 0 Å². The van der Waals surface area contributed by atoms with Crippen LogP contribution in [0.3, 0.4) is 0 Å². The first kappa shape index (κ1) is 26.3.